The number of nitrogens with two attached hydrogens (primary N) is 1. The maximum atomic E-state index is 13.2. The number of aromatic nitrogens is 2. The smallest absolute Gasteiger partial charge is 0.374 e. The van der Waals surface area contributed by atoms with E-state index < -0.39 is 58.4 Å². The second kappa shape index (κ2) is 13.3. The number of carbonyl (C=O) groups is 5. The number of fused-ring (bicyclic) bond motifs is 1. The Kier molecular flexibility index (Phi) is 9.42. The fraction of sp³-hybridized carbons (Fsp3) is 0.154. The molecule has 4 heterocycles. The van der Waals surface area contributed by atoms with E-state index in [2.05, 4.69) is 27.0 Å². The Hall–Kier alpha value is -5.12. The molecule has 3 aromatic rings. The van der Waals surface area contributed by atoms with E-state index >= 15 is 0 Å². The standard InChI is InChI=1S/C26H20N6O11S4/c1-8(22(37)38)43-31-14(11-7-45-25(27)28-11)19(35)29-16-20(36)32-17(24(41)42)10(5-44-21(16)32)6-46-26-30-15(23(39)40)18(47-26)9-2-3-12(33)13(34)4-9/h2-4,7,16,21,33-34H,1,5-6H2,(H2,27,28)(H,29,35)(H,37,38)(H,39,40)(H,41,42)/t16-,21+/m1/s1. The highest BCUT2D eigenvalue weighted by Crippen LogP contribution is 2.43. The molecular formula is C26H20N6O11S4. The van der Waals surface area contributed by atoms with Crippen LogP contribution in [0.2, 0.25) is 0 Å². The topological polar surface area (TPSA) is 275 Å². The van der Waals surface area contributed by atoms with Gasteiger partial charge in [0, 0.05) is 16.9 Å². The highest BCUT2D eigenvalue weighted by molar-refractivity contribution is 8.02. The number of oxime groups is 1. The van der Waals surface area contributed by atoms with E-state index in [0.717, 1.165) is 39.3 Å². The van der Waals surface area contributed by atoms with Gasteiger partial charge in [-0.15, -0.1) is 34.4 Å². The first-order chi connectivity index (χ1) is 22.3. The second-order valence-electron chi connectivity index (χ2n) is 9.40. The van der Waals surface area contributed by atoms with Crippen molar-refractivity contribution in [3.05, 3.63) is 58.6 Å². The Balaban J connectivity index is 1.33. The Labute approximate surface area is 279 Å². The quantitative estimate of drug-likeness (QED) is 0.0267. The molecule has 244 valence electrons. The van der Waals surface area contributed by atoms with Crippen LogP contribution in [0.5, 0.6) is 11.5 Å². The van der Waals surface area contributed by atoms with Gasteiger partial charge in [0.2, 0.25) is 5.76 Å². The van der Waals surface area contributed by atoms with Crippen LogP contribution in [0, 0.1) is 0 Å². The van der Waals surface area contributed by atoms with E-state index in [-0.39, 0.29) is 48.7 Å². The molecule has 1 fully saturated rings. The normalized spacial score (nSPS) is 17.5. The highest BCUT2D eigenvalue weighted by atomic mass is 32.2. The zero-order valence-corrected chi connectivity index (χ0v) is 26.5. The lowest BCUT2D eigenvalue weighted by molar-refractivity contribution is -0.150. The van der Waals surface area contributed by atoms with E-state index in [1.165, 1.54) is 35.3 Å². The molecule has 2 aliphatic rings. The Morgan fingerprint density at radius 3 is 2.51 bits per heavy atom. The SMILES string of the molecule is C=C(ON=C(C(=O)N[C@@H]1C(=O)N2C(C(=O)O)=C(CSc3nc(C(=O)O)c(-c4ccc(O)c(O)c4)s3)CS[C@@H]12)c1csc(N)n1)C(=O)O. The number of carbonyl (C=O) groups excluding carboxylic acids is 2. The number of aromatic hydroxyl groups is 2. The molecule has 17 nitrogen and oxygen atoms in total. The van der Waals surface area contributed by atoms with E-state index in [1.807, 2.05) is 0 Å². The van der Waals surface area contributed by atoms with Gasteiger partial charge >= 0.3 is 17.9 Å². The summed E-state index contributed by atoms with van der Waals surface area (Å²) in [6.45, 7) is 3.16. The molecule has 2 aromatic heterocycles. The number of β-lactam (4-membered cyclic amide) rings is 1. The Bertz CT molecular complexity index is 1920. The maximum absolute atomic E-state index is 13.2. The third kappa shape index (κ3) is 6.72. The Morgan fingerprint density at radius 1 is 1.15 bits per heavy atom. The van der Waals surface area contributed by atoms with Crippen LogP contribution in [-0.2, 0) is 24.0 Å². The van der Waals surface area contributed by atoms with Crippen molar-refractivity contribution in [3.63, 3.8) is 0 Å². The number of nitrogens with one attached hydrogen (secondary N) is 1. The van der Waals surface area contributed by atoms with Gasteiger partial charge in [-0.05, 0) is 35.9 Å². The third-order valence-electron chi connectivity index (χ3n) is 6.42. The molecule has 5 rings (SSSR count). The van der Waals surface area contributed by atoms with Gasteiger partial charge in [-0.2, -0.15) is 0 Å². The summed E-state index contributed by atoms with van der Waals surface area (Å²) in [5.74, 6) is -7.43. The number of thiazole rings is 2. The zero-order chi connectivity index (χ0) is 34.2. The first kappa shape index (κ1) is 33.2. The van der Waals surface area contributed by atoms with E-state index in [1.54, 1.807) is 0 Å². The number of aliphatic carboxylic acids is 2. The van der Waals surface area contributed by atoms with Crippen molar-refractivity contribution in [3.8, 4) is 21.9 Å². The molecule has 0 radical (unpaired) electrons. The number of carboxylic acid groups (broad SMARTS) is 3. The van der Waals surface area contributed by atoms with Crippen LogP contribution in [0.15, 0.2) is 56.7 Å². The molecule has 47 heavy (non-hydrogen) atoms. The molecule has 2 atom stereocenters. The van der Waals surface area contributed by atoms with E-state index in [0.29, 0.717) is 11.1 Å². The number of amides is 2. The van der Waals surface area contributed by atoms with E-state index in [9.17, 15) is 44.4 Å². The van der Waals surface area contributed by atoms with E-state index in [4.69, 9.17) is 15.7 Å². The molecule has 0 spiro atoms. The summed E-state index contributed by atoms with van der Waals surface area (Å²) >= 11 is 4.18. The minimum absolute atomic E-state index is 0.0296. The summed E-state index contributed by atoms with van der Waals surface area (Å²) in [7, 11) is 0. The molecule has 0 saturated carbocycles. The lowest BCUT2D eigenvalue weighted by Gasteiger charge is -2.49. The number of nitrogen functional groups attached to an aromatic ring is 1. The average molecular weight is 721 g/mol. The van der Waals surface area contributed by atoms with Crippen LogP contribution in [0.1, 0.15) is 16.2 Å². The number of nitrogens with zero attached hydrogens (tertiary/aromatic N) is 4. The summed E-state index contributed by atoms with van der Waals surface area (Å²) in [6.07, 6.45) is 0. The summed E-state index contributed by atoms with van der Waals surface area (Å²) in [6, 6.07) is 2.63. The van der Waals surface area contributed by atoms with Crippen molar-refractivity contribution in [1.29, 1.82) is 0 Å². The number of phenolic OH excluding ortho intramolecular Hbond substituents is 2. The van der Waals surface area contributed by atoms with Gasteiger partial charge in [0.1, 0.15) is 22.8 Å². The molecule has 0 aliphatic carbocycles. The van der Waals surface area contributed by atoms with Crippen molar-refractivity contribution in [2.24, 2.45) is 5.16 Å². The average Bonchev–Trinajstić information content (AvgIpc) is 3.66. The van der Waals surface area contributed by atoms with Crippen LogP contribution in [0.3, 0.4) is 0 Å². The number of anilines is 1. The van der Waals surface area contributed by atoms with Crippen LogP contribution >= 0.6 is 46.2 Å². The number of carboxylic acids is 3. The predicted molar refractivity (Wildman–Crippen MR) is 169 cm³/mol. The number of phenols is 2. The number of thioether (sulfide) groups is 2. The molecule has 1 aromatic carbocycles. The van der Waals surface area contributed by atoms with Gasteiger partial charge < -0.3 is 41.4 Å². The lowest BCUT2D eigenvalue weighted by atomic mass is 10.0. The summed E-state index contributed by atoms with van der Waals surface area (Å²) in [4.78, 5) is 75.6. The number of hydrogen-bond acceptors (Lipinski definition) is 16. The van der Waals surface area contributed by atoms with Gasteiger partial charge in [-0.25, -0.2) is 24.4 Å². The van der Waals surface area contributed by atoms with Gasteiger partial charge in [-0.3, -0.25) is 14.5 Å². The minimum atomic E-state index is -1.54. The van der Waals surface area contributed by atoms with Crippen LogP contribution in [0.4, 0.5) is 5.13 Å². The molecule has 8 N–H and O–H groups in total. The largest absolute Gasteiger partial charge is 0.504 e. The molecule has 0 bridgehead atoms. The van der Waals surface area contributed by atoms with Crippen molar-refractivity contribution in [2.45, 2.75) is 15.8 Å². The van der Waals surface area contributed by atoms with Gasteiger partial charge in [0.05, 0.1) is 4.88 Å². The maximum Gasteiger partial charge on any atom is 0.374 e. The summed E-state index contributed by atoms with van der Waals surface area (Å²) < 4.78 is 0.275. The summed E-state index contributed by atoms with van der Waals surface area (Å²) in [5, 5.41) is 54.8. The lowest BCUT2D eigenvalue weighted by Crippen LogP contribution is -2.71. The first-order valence-corrected chi connectivity index (χ1v) is 16.5. The number of rotatable bonds is 12. The van der Waals surface area contributed by atoms with Crippen molar-refractivity contribution in [2.75, 3.05) is 17.2 Å². The van der Waals surface area contributed by atoms with Crippen LogP contribution in [-0.4, -0.2) is 98.8 Å². The van der Waals surface area contributed by atoms with Crippen LogP contribution in [0.25, 0.3) is 10.4 Å². The fourth-order valence-electron chi connectivity index (χ4n) is 4.26. The fourth-order valence-corrected chi connectivity index (χ4v) is 8.42. The van der Waals surface area contributed by atoms with Crippen molar-refractivity contribution in [1.82, 2.24) is 20.2 Å². The van der Waals surface area contributed by atoms with Crippen LogP contribution < -0.4 is 11.1 Å². The third-order valence-corrected chi connectivity index (χ3v) is 10.8. The molecular weight excluding hydrogens is 701 g/mol. The number of hydrogen-bond donors (Lipinski definition) is 7. The first-order valence-electron chi connectivity index (χ1n) is 12.8. The molecule has 2 amide bonds. The molecule has 0 unspecified atom stereocenters. The minimum Gasteiger partial charge on any atom is -0.504 e. The molecule has 1 saturated heterocycles. The molecule has 2 aliphatic heterocycles. The highest BCUT2D eigenvalue weighted by Gasteiger charge is 2.54. The van der Waals surface area contributed by atoms with Gasteiger partial charge in [0.25, 0.3) is 11.8 Å². The monoisotopic (exact) mass is 720 g/mol. The predicted octanol–water partition coefficient (Wildman–Crippen LogP) is 1.81. The molecule has 21 heteroatoms. The Morgan fingerprint density at radius 2 is 1.89 bits per heavy atom. The zero-order valence-electron chi connectivity index (χ0n) is 23.3. The number of benzene rings is 1. The van der Waals surface area contributed by atoms with Crippen molar-refractivity contribution < 1.29 is 54.3 Å². The van der Waals surface area contributed by atoms with Gasteiger partial charge in [0.15, 0.2) is 32.4 Å². The second-order valence-corrected chi connectivity index (χ2v) is 13.6. The summed E-state index contributed by atoms with van der Waals surface area (Å²) in [5.41, 5.74) is 5.13. The van der Waals surface area contributed by atoms with Crippen molar-refractivity contribution >= 4 is 86.8 Å². The van der Waals surface area contributed by atoms with Gasteiger partial charge in [-0.1, -0.05) is 16.9 Å². The number of aromatic carboxylic acids is 1.